The first kappa shape index (κ1) is 16.8. The zero-order valence-electron chi connectivity index (χ0n) is 11.0. The van der Waals surface area contributed by atoms with Crippen LogP contribution in [0.3, 0.4) is 0 Å². The lowest BCUT2D eigenvalue weighted by Gasteiger charge is -2.05. The maximum atomic E-state index is 10.8. The molecule has 2 N–H and O–H groups in total. The van der Waals surface area contributed by atoms with E-state index in [-0.39, 0.29) is 0 Å². The van der Waals surface area contributed by atoms with Crippen molar-refractivity contribution in [1.29, 1.82) is 0 Å². The molecule has 1 aromatic rings. The molecule has 0 aliphatic heterocycles. The van der Waals surface area contributed by atoms with Gasteiger partial charge in [0, 0.05) is 5.56 Å². The summed E-state index contributed by atoms with van der Waals surface area (Å²) in [5, 5.41) is 14.8. The van der Waals surface area contributed by atoms with Gasteiger partial charge in [0.1, 0.15) is 0 Å². The summed E-state index contributed by atoms with van der Waals surface area (Å²) in [6.07, 6.45) is 4.32. The molecule has 0 saturated heterocycles. The highest BCUT2D eigenvalue weighted by molar-refractivity contribution is 6.27. The quantitative estimate of drug-likeness (QED) is 0.644. The highest BCUT2D eigenvalue weighted by Crippen LogP contribution is 2.14. The zero-order chi connectivity index (χ0) is 14.8. The van der Waals surface area contributed by atoms with Crippen molar-refractivity contribution in [3.8, 4) is 0 Å². The van der Waals surface area contributed by atoms with Gasteiger partial charge in [-0.15, -0.1) is 0 Å². The number of unbranched alkanes of at least 4 members (excludes halogenated alkanes) is 1. The first-order chi connectivity index (χ1) is 8.93. The molecule has 0 aliphatic carbocycles. The predicted molar refractivity (Wildman–Crippen MR) is 70.5 cm³/mol. The lowest BCUT2D eigenvalue weighted by molar-refractivity contribution is -0.159. The SMILES string of the molecule is CCCCc1cccc(C)c1C=O.O=C(O)C(=O)O. The number of carbonyl (C=O) groups excluding carboxylic acids is 1. The number of rotatable bonds is 4. The van der Waals surface area contributed by atoms with Crippen LogP contribution in [0.5, 0.6) is 0 Å². The van der Waals surface area contributed by atoms with Gasteiger partial charge in [0.2, 0.25) is 0 Å². The topological polar surface area (TPSA) is 91.7 Å². The third-order valence-corrected chi connectivity index (χ3v) is 2.51. The summed E-state index contributed by atoms with van der Waals surface area (Å²) in [5.41, 5.74) is 3.16. The van der Waals surface area contributed by atoms with E-state index in [1.807, 2.05) is 25.1 Å². The summed E-state index contributed by atoms with van der Waals surface area (Å²) in [6, 6.07) is 6.05. The van der Waals surface area contributed by atoms with E-state index in [1.165, 1.54) is 12.0 Å². The van der Waals surface area contributed by atoms with Crippen molar-refractivity contribution in [2.75, 3.05) is 0 Å². The Labute approximate surface area is 111 Å². The average molecular weight is 266 g/mol. The second-order valence-corrected chi connectivity index (χ2v) is 3.98. The lowest BCUT2D eigenvalue weighted by Crippen LogP contribution is -2.09. The standard InChI is InChI=1S/C12H16O.C2H2O4/c1-3-4-7-11-8-5-6-10(2)12(11)9-13;3-1(4)2(5)6/h5-6,8-9H,3-4,7H2,1-2H3;(H,3,4)(H,5,6). The fourth-order valence-electron chi connectivity index (χ4n) is 1.50. The Morgan fingerprint density at radius 1 is 1.21 bits per heavy atom. The van der Waals surface area contributed by atoms with Crippen molar-refractivity contribution in [1.82, 2.24) is 0 Å². The number of aryl methyl sites for hydroxylation is 2. The van der Waals surface area contributed by atoms with E-state index in [0.717, 1.165) is 30.3 Å². The molecule has 0 bridgehead atoms. The Morgan fingerprint density at radius 2 is 1.79 bits per heavy atom. The predicted octanol–water partition coefficient (Wildman–Crippen LogP) is 2.31. The molecule has 0 saturated carbocycles. The van der Waals surface area contributed by atoms with Crippen molar-refractivity contribution in [3.05, 3.63) is 34.9 Å². The Balaban J connectivity index is 0.000000459. The third kappa shape index (κ3) is 6.35. The molecule has 1 aromatic carbocycles. The molecule has 0 atom stereocenters. The van der Waals surface area contributed by atoms with Gasteiger partial charge < -0.3 is 10.2 Å². The van der Waals surface area contributed by atoms with E-state index < -0.39 is 11.9 Å². The number of hydrogen-bond donors (Lipinski definition) is 2. The van der Waals surface area contributed by atoms with Crippen molar-refractivity contribution in [3.63, 3.8) is 0 Å². The van der Waals surface area contributed by atoms with E-state index >= 15 is 0 Å². The van der Waals surface area contributed by atoms with E-state index in [0.29, 0.717) is 0 Å². The second-order valence-electron chi connectivity index (χ2n) is 3.98. The average Bonchev–Trinajstić information content (AvgIpc) is 2.37. The number of aliphatic carboxylic acids is 2. The molecule has 19 heavy (non-hydrogen) atoms. The van der Waals surface area contributed by atoms with Crippen molar-refractivity contribution in [2.24, 2.45) is 0 Å². The molecule has 0 aromatic heterocycles. The van der Waals surface area contributed by atoms with Gasteiger partial charge in [0.05, 0.1) is 0 Å². The smallest absolute Gasteiger partial charge is 0.414 e. The van der Waals surface area contributed by atoms with Gasteiger partial charge in [0.25, 0.3) is 0 Å². The van der Waals surface area contributed by atoms with Crippen LogP contribution in [0, 0.1) is 6.92 Å². The number of benzene rings is 1. The summed E-state index contributed by atoms with van der Waals surface area (Å²) in [6.45, 7) is 4.15. The van der Waals surface area contributed by atoms with Crippen LogP contribution in [0.2, 0.25) is 0 Å². The molecule has 5 heteroatoms. The van der Waals surface area contributed by atoms with E-state index in [9.17, 15) is 4.79 Å². The van der Waals surface area contributed by atoms with Crippen LogP contribution < -0.4 is 0 Å². The van der Waals surface area contributed by atoms with E-state index in [2.05, 4.69) is 6.92 Å². The number of aldehydes is 1. The normalized spacial score (nSPS) is 9.16. The maximum absolute atomic E-state index is 10.8. The minimum Gasteiger partial charge on any atom is -0.473 e. The van der Waals surface area contributed by atoms with Gasteiger partial charge in [-0.05, 0) is 30.9 Å². The van der Waals surface area contributed by atoms with Gasteiger partial charge >= 0.3 is 11.9 Å². The molecule has 104 valence electrons. The van der Waals surface area contributed by atoms with Crippen molar-refractivity contribution < 1.29 is 24.6 Å². The zero-order valence-corrected chi connectivity index (χ0v) is 11.0. The molecular formula is C14H18O5. The molecule has 5 nitrogen and oxygen atoms in total. The van der Waals surface area contributed by atoms with Crippen LogP contribution in [0.25, 0.3) is 0 Å². The van der Waals surface area contributed by atoms with Gasteiger partial charge in [0.15, 0.2) is 6.29 Å². The number of hydrogen-bond acceptors (Lipinski definition) is 3. The van der Waals surface area contributed by atoms with Crippen LogP contribution in [-0.4, -0.2) is 28.4 Å². The third-order valence-electron chi connectivity index (χ3n) is 2.51. The van der Waals surface area contributed by atoms with Gasteiger partial charge in [-0.25, -0.2) is 9.59 Å². The summed E-state index contributed by atoms with van der Waals surface area (Å²) in [7, 11) is 0. The van der Waals surface area contributed by atoms with E-state index in [1.54, 1.807) is 0 Å². The molecule has 0 fully saturated rings. The summed E-state index contributed by atoms with van der Waals surface area (Å²) in [5.74, 6) is -3.65. The summed E-state index contributed by atoms with van der Waals surface area (Å²) < 4.78 is 0. The Kier molecular flexibility index (Phi) is 7.84. The monoisotopic (exact) mass is 266 g/mol. The first-order valence-electron chi connectivity index (χ1n) is 5.93. The minimum absolute atomic E-state index is 0.885. The van der Waals surface area contributed by atoms with Crippen LogP contribution >= 0.6 is 0 Å². The molecule has 0 amide bonds. The van der Waals surface area contributed by atoms with Crippen LogP contribution in [0.4, 0.5) is 0 Å². The lowest BCUT2D eigenvalue weighted by atomic mass is 9.99. The van der Waals surface area contributed by atoms with Crippen molar-refractivity contribution >= 4 is 18.2 Å². The molecule has 1 rings (SSSR count). The fourth-order valence-corrected chi connectivity index (χ4v) is 1.50. The minimum atomic E-state index is -1.82. The van der Waals surface area contributed by atoms with Crippen LogP contribution in [0.15, 0.2) is 18.2 Å². The Hall–Kier alpha value is -2.17. The summed E-state index contributed by atoms with van der Waals surface area (Å²) in [4.78, 5) is 29.0. The molecule has 0 heterocycles. The number of carboxylic acid groups (broad SMARTS) is 2. The van der Waals surface area contributed by atoms with E-state index in [4.69, 9.17) is 19.8 Å². The molecule has 0 radical (unpaired) electrons. The highest BCUT2D eigenvalue weighted by Gasteiger charge is 2.04. The highest BCUT2D eigenvalue weighted by atomic mass is 16.4. The molecule has 0 unspecified atom stereocenters. The first-order valence-corrected chi connectivity index (χ1v) is 5.93. The molecule has 0 spiro atoms. The maximum Gasteiger partial charge on any atom is 0.414 e. The second kappa shape index (κ2) is 8.85. The van der Waals surface area contributed by atoms with Gasteiger partial charge in [-0.2, -0.15) is 0 Å². The van der Waals surface area contributed by atoms with Gasteiger partial charge in [-0.1, -0.05) is 31.5 Å². The Bertz CT molecular complexity index is 439. The largest absolute Gasteiger partial charge is 0.473 e. The number of carboxylic acids is 2. The Morgan fingerprint density at radius 3 is 2.21 bits per heavy atom. The fraction of sp³-hybridized carbons (Fsp3) is 0.357. The molecular weight excluding hydrogens is 248 g/mol. The van der Waals surface area contributed by atoms with Crippen LogP contribution in [0.1, 0.15) is 41.3 Å². The molecule has 0 aliphatic rings. The van der Waals surface area contributed by atoms with Gasteiger partial charge in [-0.3, -0.25) is 4.79 Å². The number of carbonyl (C=O) groups is 3. The van der Waals surface area contributed by atoms with Crippen LogP contribution in [-0.2, 0) is 16.0 Å². The summed E-state index contributed by atoms with van der Waals surface area (Å²) >= 11 is 0. The van der Waals surface area contributed by atoms with Crippen molar-refractivity contribution in [2.45, 2.75) is 33.1 Å².